The highest BCUT2D eigenvalue weighted by molar-refractivity contribution is 9.10. The molecule has 0 saturated carbocycles. The SMILES string of the molecule is COc1ccc(C(N)C(C)Sc2ccc(Br)cc2)cc1. The van der Waals surface area contributed by atoms with Gasteiger partial charge in [0.05, 0.1) is 7.11 Å². The van der Waals surface area contributed by atoms with E-state index in [1.54, 1.807) is 18.9 Å². The third-order valence-corrected chi connectivity index (χ3v) is 4.88. The summed E-state index contributed by atoms with van der Waals surface area (Å²) in [4.78, 5) is 1.23. The van der Waals surface area contributed by atoms with Crippen LogP contribution in [0.2, 0.25) is 0 Å². The first kappa shape index (κ1) is 15.4. The molecule has 2 rings (SSSR count). The first-order valence-electron chi connectivity index (χ1n) is 6.42. The third kappa shape index (κ3) is 4.01. The lowest BCUT2D eigenvalue weighted by molar-refractivity contribution is 0.414. The summed E-state index contributed by atoms with van der Waals surface area (Å²) in [5.74, 6) is 0.856. The normalized spacial score (nSPS) is 13.8. The molecule has 0 aliphatic rings. The molecule has 106 valence electrons. The number of hydrogen-bond acceptors (Lipinski definition) is 3. The molecule has 2 aromatic rings. The van der Waals surface area contributed by atoms with Crippen LogP contribution < -0.4 is 10.5 Å². The Kier molecular flexibility index (Phi) is 5.52. The van der Waals surface area contributed by atoms with Crippen molar-refractivity contribution in [2.75, 3.05) is 7.11 Å². The highest BCUT2D eigenvalue weighted by Crippen LogP contribution is 2.31. The fourth-order valence-electron chi connectivity index (χ4n) is 1.90. The van der Waals surface area contributed by atoms with E-state index < -0.39 is 0 Å². The van der Waals surface area contributed by atoms with E-state index in [1.165, 1.54) is 4.90 Å². The molecule has 2 unspecified atom stereocenters. The van der Waals surface area contributed by atoms with Crippen molar-refractivity contribution in [1.29, 1.82) is 0 Å². The van der Waals surface area contributed by atoms with Crippen LogP contribution in [-0.4, -0.2) is 12.4 Å². The second-order valence-electron chi connectivity index (χ2n) is 4.58. The lowest BCUT2D eigenvalue weighted by atomic mass is 10.1. The average Bonchev–Trinajstić information content (AvgIpc) is 2.49. The predicted molar refractivity (Wildman–Crippen MR) is 89.4 cm³/mol. The molecule has 0 aliphatic heterocycles. The maximum absolute atomic E-state index is 6.34. The van der Waals surface area contributed by atoms with Crippen LogP contribution in [-0.2, 0) is 0 Å². The van der Waals surface area contributed by atoms with Gasteiger partial charge in [-0.2, -0.15) is 0 Å². The van der Waals surface area contributed by atoms with Crippen molar-refractivity contribution in [3.63, 3.8) is 0 Å². The van der Waals surface area contributed by atoms with Crippen molar-refractivity contribution >= 4 is 27.7 Å². The molecule has 0 heterocycles. The van der Waals surface area contributed by atoms with E-state index >= 15 is 0 Å². The number of benzene rings is 2. The summed E-state index contributed by atoms with van der Waals surface area (Å²) in [6, 6.07) is 16.3. The number of methoxy groups -OCH3 is 1. The highest BCUT2D eigenvalue weighted by atomic mass is 79.9. The Morgan fingerprint density at radius 2 is 1.65 bits per heavy atom. The Morgan fingerprint density at radius 1 is 1.05 bits per heavy atom. The van der Waals surface area contributed by atoms with Gasteiger partial charge in [-0.25, -0.2) is 0 Å². The van der Waals surface area contributed by atoms with Gasteiger partial charge >= 0.3 is 0 Å². The van der Waals surface area contributed by atoms with E-state index in [1.807, 2.05) is 36.4 Å². The Hall–Kier alpha value is -0.970. The van der Waals surface area contributed by atoms with Crippen LogP contribution in [0.3, 0.4) is 0 Å². The second-order valence-corrected chi connectivity index (χ2v) is 6.94. The lowest BCUT2D eigenvalue weighted by Gasteiger charge is -2.20. The number of thioether (sulfide) groups is 1. The molecule has 0 bridgehead atoms. The van der Waals surface area contributed by atoms with Crippen LogP contribution in [0.5, 0.6) is 5.75 Å². The van der Waals surface area contributed by atoms with Gasteiger partial charge in [0.25, 0.3) is 0 Å². The van der Waals surface area contributed by atoms with Gasteiger partial charge in [0.1, 0.15) is 5.75 Å². The van der Waals surface area contributed by atoms with Crippen molar-refractivity contribution < 1.29 is 4.74 Å². The molecule has 0 fully saturated rings. The van der Waals surface area contributed by atoms with E-state index in [2.05, 4.69) is 35.0 Å². The Morgan fingerprint density at radius 3 is 2.20 bits per heavy atom. The molecular formula is C16H18BrNOS. The van der Waals surface area contributed by atoms with Crippen LogP contribution in [0, 0.1) is 0 Å². The fourth-order valence-corrected chi connectivity index (χ4v) is 3.19. The molecule has 2 N–H and O–H groups in total. The van der Waals surface area contributed by atoms with Crippen molar-refractivity contribution in [3.05, 3.63) is 58.6 Å². The maximum Gasteiger partial charge on any atom is 0.118 e. The van der Waals surface area contributed by atoms with Gasteiger partial charge in [-0.1, -0.05) is 35.0 Å². The number of nitrogens with two attached hydrogens (primary N) is 1. The number of rotatable bonds is 5. The Balaban J connectivity index is 2.03. The quantitative estimate of drug-likeness (QED) is 0.797. The maximum atomic E-state index is 6.34. The van der Waals surface area contributed by atoms with E-state index in [4.69, 9.17) is 10.5 Å². The van der Waals surface area contributed by atoms with E-state index in [-0.39, 0.29) is 6.04 Å². The van der Waals surface area contributed by atoms with Crippen molar-refractivity contribution in [2.24, 2.45) is 5.73 Å². The summed E-state index contributed by atoms with van der Waals surface area (Å²) in [5.41, 5.74) is 7.46. The number of halogens is 1. The second kappa shape index (κ2) is 7.16. The summed E-state index contributed by atoms with van der Waals surface area (Å²) in [6.45, 7) is 2.15. The van der Waals surface area contributed by atoms with Crippen LogP contribution in [0.15, 0.2) is 57.9 Å². The highest BCUT2D eigenvalue weighted by Gasteiger charge is 2.16. The van der Waals surface area contributed by atoms with Crippen LogP contribution in [0.25, 0.3) is 0 Å². The van der Waals surface area contributed by atoms with Gasteiger partial charge in [-0.15, -0.1) is 11.8 Å². The largest absolute Gasteiger partial charge is 0.497 e. The molecule has 0 saturated heterocycles. The molecule has 0 amide bonds. The molecule has 20 heavy (non-hydrogen) atoms. The van der Waals surface area contributed by atoms with Crippen molar-refractivity contribution in [2.45, 2.75) is 23.1 Å². The zero-order valence-electron chi connectivity index (χ0n) is 11.5. The molecule has 2 nitrogen and oxygen atoms in total. The molecule has 2 aromatic carbocycles. The van der Waals surface area contributed by atoms with E-state index in [0.29, 0.717) is 5.25 Å². The molecule has 0 spiro atoms. The van der Waals surface area contributed by atoms with Crippen LogP contribution >= 0.6 is 27.7 Å². The molecule has 2 atom stereocenters. The van der Waals surface area contributed by atoms with Gasteiger partial charge < -0.3 is 10.5 Å². The van der Waals surface area contributed by atoms with Gasteiger partial charge in [0.15, 0.2) is 0 Å². The average molecular weight is 352 g/mol. The minimum atomic E-state index is -0.00504. The van der Waals surface area contributed by atoms with E-state index in [0.717, 1.165) is 15.8 Å². The Labute approximate surface area is 132 Å². The first-order valence-corrected chi connectivity index (χ1v) is 8.09. The predicted octanol–water partition coefficient (Wildman–Crippen LogP) is 4.64. The van der Waals surface area contributed by atoms with Crippen LogP contribution in [0.4, 0.5) is 0 Å². The van der Waals surface area contributed by atoms with Crippen LogP contribution in [0.1, 0.15) is 18.5 Å². The van der Waals surface area contributed by atoms with Gasteiger partial charge in [-0.05, 0) is 42.0 Å². The molecule has 0 aliphatic carbocycles. The zero-order valence-corrected chi connectivity index (χ0v) is 13.9. The summed E-state index contributed by atoms with van der Waals surface area (Å²) in [5, 5.41) is 0.296. The van der Waals surface area contributed by atoms with Crippen molar-refractivity contribution in [1.82, 2.24) is 0 Å². The fraction of sp³-hybridized carbons (Fsp3) is 0.250. The minimum absolute atomic E-state index is 0.00504. The topological polar surface area (TPSA) is 35.2 Å². The molecule has 0 radical (unpaired) electrons. The zero-order chi connectivity index (χ0) is 14.5. The summed E-state index contributed by atoms with van der Waals surface area (Å²) in [6.07, 6.45) is 0. The molecular weight excluding hydrogens is 334 g/mol. The number of hydrogen-bond donors (Lipinski definition) is 1. The van der Waals surface area contributed by atoms with Crippen molar-refractivity contribution in [3.8, 4) is 5.75 Å². The smallest absolute Gasteiger partial charge is 0.118 e. The number of ether oxygens (including phenoxy) is 1. The van der Waals surface area contributed by atoms with Gasteiger partial charge in [0, 0.05) is 20.7 Å². The summed E-state index contributed by atoms with van der Waals surface area (Å²) in [7, 11) is 1.67. The van der Waals surface area contributed by atoms with Gasteiger partial charge in [0.2, 0.25) is 0 Å². The minimum Gasteiger partial charge on any atom is -0.497 e. The standard InChI is InChI=1S/C16H18BrNOS/c1-11(20-15-9-5-13(17)6-10-15)16(18)12-3-7-14(19-2)8-4-12/h3-11,16H,18H2,1-2H3. The van der Waals surface area contributed by atoms with Gasteiger partial charge in [-0.3, -0.25) is 0 Å². The summed E-state index contributed by atoms with van der Waals surface area (Å²) < 4.78 is 6.26. The van der Waals surface area contributed by atoms with E-state index in [9.17, 15) is 0 Å². The third-order valence-electron chi connectivity index (χ3n) is 3.14. The monoisotopic (exact) mass is 351 g/mol. The Bertz CT molecular complexity index is 541. The summed E-state index contributed by atoms with van der Waals surface area (Å²) >= 11 is 5.23. The molecule has 0 aromatic heterocycles. The molecule has 4 heteroatoms. The first-order chi connectivity index (χ1) is 9.60. The lowest BCUT2D eigenvalue weighted by Crippen LogP contribution is -2.20.